The van der Waals surface area contributed by atoms with E-state index in [0.29, 0.717) is 12.8 Å². The second kappa shape index (κ2) is 10.6. The van der Waals surface area contributed by atoms with Crippen molar-refractivity contribution in [1.82, 2.24) is 0 Å². The standard InChI is InChI=1S/C24H24O8/c1-3-5-13-29-23(27)31-18-12-11-17-19(22(18)32-24(28)30-14-6-4-2)21(26)16-10-8-7-9-15(16)20(17)25/h7-12H,3-6,13-14H2,1-2H3. The van der Waals surface area contributed by atoms with Gasteiger partial charge in [0.05, 0.1) is 18.8 Å². The van der Waals surface area contributed by atoms with Crippen molar-refractivity contribution in [2.24, 2.45) is 0 Å². The lowest BCUT2D eigenvalue weighted by atomic mass is 9.83. The summed E-state index contributed by atoms with van der Waals surface area (Å²) in [6.07, 6.45) is 0.805. The molecule has 0 saturated heterocycles. The molecule has 2 aromatic rings. The molecule has 168 valence electrons. The topological polar surface area (TPSA) is 105 Å². The summed E-state index contributed by atoms with van der Waals surface area (Å²) in [5.74, 6) is -1.52. The van der Waals surface area contributed by atoms with Crippen molar-refractivity contribution in [1.29, 1.82) is 0 Å². The zero-order valence-electron chi connectivity index (χ0n) is 18.0. The third-order valence-electron chi connectivity index (χ3n) is 4.82. The molecule has 0 heterocycles. The van der Waals surface area contributed by atoms with Crippen LogP contribution in [0, 0.1) is 0 Å². The fourth-order valence-corrected chi connectivity index (χ4v) is 3.15. The van der Waals surface area contributed by atoms with E-state index >= 15 is 0 Å². The van der Waals surface area contributed by atoms with E-state index in [-0.39, 0.29) is 47.0 Å². The first-order chi connectivity index (χ1) is 15.5. The normalized spacial score (nSPS) is 11.9. The van der Waals surface area contributed by atoms with Crippen LogP contribution in [0.25, 0.3) is 0 Å². The van der Waals surface area contributed by atoms with Gasteiger partial charge in [-0.15, -0.1) is 0 Å². The zero-order chi connectivity index (χ0) is 23.1. The molecular weight excluding hydrogens is 416 g/mol. The van der Waals surface area contributed by atoms with Crippen LogP contribution < -0.4 is 9.47 Å². The first-order valence-corrected chi connectivity index (χ1v) is 10.5. The number of carbonyl (C=O) groups excluding carboxylic acids is 4. The highest BCUT2D eigenvalue weighted by atomic mass is 16.7. The molecule has 0 unspecified atom stereocenters. The number of carbonyl (C=O) groups is 4. The average molecular weight is 440 g/mol. The van der Waals surface area contributed by atoms with Crippen LogP contribution in [0.15, 0.2) is 36.4 Å². The highest BCUT2D eigenvalue weighted by Gasteiger charge is 2.35. The van der Waals surface area contributed by atoms with Crippen LogP contribution in [-0.4, -0.2) is 37.1 Å². The average Bonchev–Trinajstić information content (AvgIpc) is 2.79. The summed E-state index contributed by atoms with van der Waals surface area (Å²) >= 11 is 0. The van der Waals surface area contributed by atoms with Crippen molar-refractivity contribution in [3.05, 3.63) is 58.7 Å². The molecule has 3 rings (SSSR count). The maximum Gasteiger partial charge on any atom is 0.513 e. The molecule has 2 aromatic carbocycles. The summed E-state index contributed by atoms with van der Waals surface area (Å²) in [5, 5.41) is 0. The Morgan fingerprint density at radius 3 is 1.88 bits per heavy atom. The SMILES string of the molecule is CCCCOC(=O)Oc1ccc2c(c1OC(=O)OCCCC)C(=O)c1ccccc1C2=O. The van der Waals surface area contributed by atoms with Crippen LogP contribution in [0.3, 0.4) is 0 Å². The van der Waals surface area contributed by atoms with Gasteiger partial charge in [-0.1, -0.05) is 51.0 Å². The fraction of sp³-hybridized carbons (Fsp3) is 0.333. The van der Waals surface area contributed by atoms with Crippen LogP contribution in [0.4, 0.5) is 9.59 Å². The van der Waals surface area contributed by atoms with Gasteiger partial charge in [0.1, 0.15) is 0 Å². The van der Waals surface area contributed by atoms with Gasteiger partial charge < -0.3 is 18.9 Å². The van der Waals surface area contributed by atoms with Crippen LogP contribution in [0.2, 0.25) is 0 Å². The lowest BCUT2D eigenvalue weighted by molar-refractivity contribution is 0.0865. The van der Waals surface area contributed by atoms with Crippen LogP contribution in [0.5, 0.6) is 11.5 Å². The minimum atomic E-state index is -1.07. The van der Waals surface area contributed by atoms with Gasteiger partial charge in [0.15, 0.2) is 23.1 Å². The lowest BCUT2D eigenvalue weighted by Gasteiger charge is -2.21. The van der Waals surface area contributed by atoms with Crippen LogP contribution >= 0.6 is 0 Å². The number of fused-ring (bicyclic) bond motifs is 2. The third kappa shape index (κ3) is 4.96. The minimum Gasteiger partial charge on any atom is -0.434 e. The fourth-order valence-electron chi connectivity index (χ4n) is 3.15. The van der Waals surface area contributed by atoms with Crippen molar-refractivity contribution >= 4 is 23.9 Å². The van der Waals surface area contributed by atoms with E-state index < -0.39 is 23.9 Å². The molecule has 0 atom stereocenters. The molecule has 0 radical (unpaired) electrons. The molecule has 1 aliphatic carbocycles. The minimum absolute atomic E-state index is 0.0387. The van der Waals surface area contributed by atoms with E-state index in [1.807, 2.05) is 13.8 Å². The molecular formula is C24H24O8. The van der Waals surface area contributed by atoms with Crippen LogP contribution in [-0.2, 0) is 9.47 Å². The lowest BCUT2D eigenvalue weighted by Crippen LogP contribution is -2.24. The van der Waals surface area contributed by atoms with Crippen molar-refractivity contribution in [2.75, 3.05) is 13.2 Å². The summed E-state index contributed by atoms with van der Waals surface area (Å²) in [4.78, 5) is 50.5. The first-order valence-electron chi connectivity index (χ1n) is 10.5. The Morgan fingerprint density at radius 2 is 1.28 bits per heavy atom. The summed E-state index contributed by atoms with van der Waals surface area (Å²) in [6, 6.07) is 8.98. The Morgan fingerprint density at radius 1 is 0.719 bits per heavy atom. The summed E-state index contributed by atoms with van der Waals surface area (Å²) in [7, 11) is 0. The Kier molecular flexibility index (Phi) is 7.59. The van der Waals surface area contributed by atoms with Gasteiger partial charge in [0.25, 0.3) is 0 Å². The molecule has 8 nitrogen and oxygen atoms in total. The van der Waals surface area contributed by atoms with Gasteiger partial charge in [-0.3, -0.25) is 9.59 Å². The van der Waals surface area contributed by atoms with E-state index in [1.165, 1.54) is 18.2 Å². The molecule has 0 bridgehead atoms. The van der Waals surface area contributed by atoms with Crippen LogP contribution in [0.1, 0.15) is 71.4 Å². The predicted molar refractivity (Wildman–Crippen MR) is 114 cm³/mol. The number of hydrogen-bond acceptors (Lipinski definition) is 8. The summed E-state index contributed by atoms with van der Waals surface area (Å²) < 4.78 is 20.5. The van der Waals surface area contributed by atoms with Crippen molar-refractivity contribution in [3.8, 4) is 11.5 Å². The highest BCUT2D eigenvalue weighted by Crippen LogP contribution is 2.40. The molecule has 8 heteroatoms. The number of ether oxygens (including phenoxy) is 4. The van der Waals surface area contributed by atoms with E-state index in [9.17, 15) is 19.2 Å². The second-order valence-electron chi connectivity index (χ2n) is 7.13. The summed E-state index contributed by atoms with van der Waals surface area (Å²) in [5.41, 5.74) is 0.280. The quantitative estimate of drug-likeness (QED) is 0.271. The Balaban J connectivity index is 1.99. The summed E-state index contributed by atoms with van der Waals surface area (Å²) in [6.45, 7) is 4.14. The third-order valence-corrected chi connectivity index (χ3v) is 4.82. The number of ketones is 2. The highest BCUT2D eigenvalue weighted by molar-refractivity contribution is 6.29. The predicted octanol–water partition coefficient (Wildman–Crippen LogP) is 5.09. The van der Waals surface area contributed by atoms with E-state index in [4.69, 9.17) is 18.9 Å². The van der Waals surface area contributed by atoms with Gasteiger partial charge in [0, 0.05) is 16.7 Å². The van der Waals surface area contributed by atoms with Crippen molar-refractivity contribution in [2.45, 2.75) is 39.5 Å². The molecule has 0 aromatic heterocycles. The second-order valence-corrected chi connectivity index (χ2v) is 7.13. The molecule has 0 N–H and O–H groups in total. The van der Waals surface area contributed by atoms with Gasteiger partial charge in [0.2, 0.25) is 0 Å². The number of hydrogen-bond donors (Lipinski definition) is 0. The van der Waals surface area contributed by atoms with E-state index in [0.717, 1.165) is 12.8 Å². The first kappa shape index (κ1) is 23.0. The van der Waals surface area contributed by atoms with E-state index in [2.05, 4.69) is 0 Å². The van der Waals surface area contributed by atoms with Gasteiger partial charge >= 0.3 is 12.3 Å². The van der Waals surface area contributed by atoms with Gasteiger partial charge in [-0.2, -0.15) is 0 Å². The zero-order valence-corrected chi connectivity index (χ0v) is 18.0. The maximum atomic E-state index is 13.2. The molecule has 1 aliphatic rings. The Labute approximate surface area is 185 Å². The monoisotopic (exact) mass is 440 g/mol. The van der Waals surface area contributed by atoms with Gasteiger partial charge in [-0.05, 0) is 25.0 Å². The number of benzene rings is 2. The maximum absolute atomic E-state index is 13.2. The Bertz CT molecular complexity index is 1040. The molecule has 0 aliphatic heterocycles. The smallest absolute Gasteiger partial charge is 0.434 e. The Hall–Kier alpha value is -3.68. The number of unbranched alkanes of at least 4 members (excludes halogenated alkanes) is 2. The van der Waals surface area contributed by atoms with Gasteiger partial charge in [-0.25, -0.2) is 9.59 Å². The largest absolute Gasteiger partial charge is 0.513 e. The van der Waals surface area contributed by atoms with E-state index in [1.54, 1.807) is 18.2 Å². The molecule has 32 heavy (non-hydrogen) atoms. The molecule has 0 amide bonds. The molecule has 0 fully saturated rings. The number of rotatable bonds is 8. The molecule has 0 saturated carbocycles. The van der Waals surface area contributed by atoms with Crippen molar-refractivity contribution < 1.29 is 38.1 Å². The molecule has 0 spiro atoms. The van der Waals surface area contributed by atoms with Crippen molar-refractivity contribution in [3.63, 3.8) is 0 Å².